The van der Waals surface area contributed by atoms with E-state index in [4.69, 9.17) is 9.72 Å². The summed E-state index contributed by atoms with van der Waals surface area (Å²) >= 11 is 1.31. The fourth-order valence-electron chi connectivity index (χ4n) is 5.29. The van der Waals surface area contributed by atoms with Crippen LogP contribution in [0.15, 0.2) is 66.2 Å². The summed E-state index contributed by atoms with van der Waals surface area (Å²) in [6.45, 7) is 0. The number of anilines is 1. The van der Waals surface area contributed by atoms with Gasteiger partial charge in [0.25, 0.3) is 5.91 Å². The molecule has 1 aliphatic heterocycles. The first-order valence-electron chi connectivity index (χ1n) is 12.1. The molecule has 1 aliphatic carbocycles. The molecule has 3 heterocycles. The van der Waals surface area contributed by atoms with Crippen molar-refractivity contribution in [3.05, 3.63) is 82.9 Å². The van der Waals surface area contributed by atoms with E-state index >= 15 is 0 Å². The van der Waals surface area contributed by atoms with E-state index in [2.05, 4.69) is 15.5 Å². The Morgan fingerprint density at radius 2 is 1.81 bits per heavy atom. The molecule has 1 atom stereocenters. The minimum Gasteiger partial charge on any atom is -0.438 e. The van der Waals surface area contributed by atoms with Crippen molar-refractivity contribution in [2.45, 2.75) is 25.2 Å². The van der Waals surface area contributed by atoms with Gasteiger partial charge in [0.05, 0.1) is 11.1 Å². The number of hydrogen-bond acceptors (Lipinski definition) is 7. The maximum absolute atomic E-state index is 13.7. The molecule has 0 bridgehead atoms. The highest BCUT2D eigenvalue weighted by molar-refractivity contribution is 7.13. The van der Waals surface area contributed by atoms with Crippen LogP contribution in [0.5, 0.6) is 11.6 Å². The zero-order chi connectivity index (χ0) is 25.6. The number of ether oxygens (including phenoxy) is 1. The number of pyridine rings is 1. The average Bonchev–Trinajstić information content (AvgIpc) is 3.40. The summed E-state index contributed by atoms with van der Waals surface area (Å²) in [5.41, 5.74) is 5.10. The van der Waals surface area contributed by atoms with Crippen LogP contribution in [0.2, 0.25) is 0 Å². The summed E-state index contributed by atoms with van der Waals surface area (Å²) in [5.74, 6) is 0.922. The summed E-state index contributed by atoms with van der Waals surface area (Å²) in [4.78, 5) is 32.4. The Morgan fingerprint density at radius 3 is 2.49 bits per heavy atom. The topological polar surface area (TPSA) is 97.3 Å². The van der Waals surface area contributed by atoms with Gasteiger partial charge in [0.1, 0.15) is 11.3 Å². The minimum atomic E-state index is -0.627. The SMILES string of the molecule is CN(C)C(=O)c1ccc(-c2ccc3c(n2)Oc2ccccc2[C@@H]3C2(C(=O)Nc3nncs3)CCC2)cc1. The number of carbonyl (C=O) groups excluding carboxylic acids is 2. The first-order chi connectivity index (χ1) is 18.0. The molecule has 2 aromatic carbocycles. The van der Waals surface area contributed by atoms with Gasteiger partial charge in [0.2, 0.25) is 16.9 Å². The van der Waals surface area contributed by atoms with Gasteiger partial charge in [0, 0.05) is 42.3 Å². The molecule has 9 heteroatoms. The highest BCUT2D eigenvalue weighted by atomic mass is 32.1. The van der Waals surface area contributed by atoms with E-state index in [-0.39, 0.29) is 17.7 Å². The number of para-hydroxylation sites is 1. The van der Waals surface area contributed by atoms with E-state index in [0.717, 1.165) is 41.6 Å². The van der Waals surface area contributed by atoms with E-state index in [9.17, 15) is 9.59 Å². The molecule has 37 heavy (non-hydrogen) atoms. The molecular weight excluding hydrogens is 486 g/mol. The second kappa shape index (κ2) is 9.08. The number of nitrogens with one attached hydrogen (secondary N) is 1. The normalized spacial score (nSPS) is 17.0. The van der Waals surface area contributed by atoms with Crippen molar-refractivity contribution in [1.82, 2.24) is 20.1 Å². The third kappa shape index (κ3) is 3.95. The Bertz CT molecular complexity index is 1480. The number of aromatic nitrogens is 3. The van der Waals surface area contributed by atoms with Gasteiger partial charge in [-0.3, -0.25) is 9.59 Å². The van der Waals surface area contributed by atoms with Crippen LogP contribution < -0.4 is 10.1 Å². The zero-order valence-electron chi connectivity index (χ0n) is 20.5. The molecule has 2 amide bonds. The lowest BCUT2D eigenvalue weighted by Crippen LogP contribution is -2.47. The highest BCUT2D eigenvalue weighted by Crippen LogP contribution is 2.59. The maximum atomic E-state index is 13.7. The molecule has 0 radical (unpaired) electrons. The molecule has 2 aromatic heterocycles. The van der Waals surface area contributed by atoms with E-state index in [0.29, 0.717) is 22.3 Å². The van der Waals surface area contributed by atoms with Crippen molar-refractivity contribution < 1.29 is 14.3 Å². The largest absolute Gasteiger partial charge is 0.438 e. The summed E-state index contributed by atoms with van der Waals surface area (Å²) in [6, 6.07) is 19.2. The Labute approximate surface area is 218 Å². The molecule has 1 fully saturated rings. The molecule has 8 nitrogen and oxygen atoms in total. The van der Waals surface area contributed by atoms with Gasteiger partial charge < -0.3 is 15.0 Å². The van der Waals surface area contributed by atoms with Crippen LogP contribution in [0, 0.1) is 5.41 Å². The molecule has 186 valence electrons. The van der Waals surface area contributed by atoms with Crippen LogP contribution in [-0.2, 0) is 4.79 Å². The maximum Gasteiger partial charge on any atom is 0.253 e. The van der Waals surface area contributed by atoms with Gasteiger partial charge in [-0.05, 0) is 37.1 Å². The van der Waals surface area contributed by atoms with Crippen LogP contribution in [-0.4, -0.2) is 46.0 Å². The number of fused-ring (bicyclic) bond motifs is 2. The van der Waals surface area contributed by atoms with Crippen LogP contribution >= 0.6 is 11.3 Å². The van der Waals surface area contributed by atoms with E-state index in [1.54, 1.807) is 36.6 Å². The lowest BCUT2D eigenvalue weighted by molar-refractivity contribution is -0.131. The predicted octanol–water partition coefficient (Wildman–Crippen LogP) is 5.35. The van der Waals surface area contributed by atoms with Crippen LogP contribution in [0.3, 0.4) is 0 Å². The number of rotatable bonds is 5. The van der Waals surface area contributed by atoms with Crippen molar-refractivity contribution in [2.24, 2.45) is 5.41 Å². The molecule has 1 N–H and O–H groups in total. The molecule has 0 saturated heterocycles. The van der Waals surface area contributed by atoms with Gasteiger partial charge in [-0.1, -0.05) is 54.2 Å². The molecule has 1 saturated carbocycles. The van der Waals surface area contributed by atoms with E-state index in [1.807, 2.05) is 48.5 Å². The predicted molar refractivity (Wildman–Crippen MR) is 141 cm³/mol. The number of amides is 2. The second-order valence-corrected chi connectivity index (χ2v) is 10.5. The number of nitrogens with zero attached hydrogens (tertiary/aromatic N) is 4. The van der Waals surface area contributed by atoms with E-state index in [1.165, 1.54) is 11.3 Å². The van der Waals surface area contributed by atoms with Gasteiger partial charge in [-0.15, -0.1) is 10.2 Å². The fraction of sp³-hybridized carbons (Fsp3) is 0.250. The standard InChI is InChI=1S/C28H25N5O3S/c1-33(2)25(34)18-10-8-17(9-11-18)21-13-12-20-23(19-6-3-4-7-22(19)36-24(20)30-21)28(14-5-15-28)26(35)31-27-32-29-16-37-27/h3-4,6-13,16,23H,5,14-15H2,1-2H3,(H,31,32,35)/t23-/m0/s1. The van der Waals surface area contributed by atoms with Crippen LogP contribution in [0.4, 0.5) is 5.13 Å². The minimum absolute atomic E-state index is 0.0478. The smallest absolute Gasteiger partial charge is 0.253 e. The summed E-state index contributed by atoms with van der Waals surface area (Å²) in [7, 11) is 3.46. The summed E-state index contributed by atoms with van der Waals surface area (Å²) in [6.07, 6.45) is 2.50. The number of benzene rings is 2. The lowest BCUT2D eigenvalue weighted by atomic mass is 9.56. The Morgan fingerprint density at radius 1 is 1.03 bits per heavy atom. The van der Waals surface area contributed by atoms with Crippen LogP contribution in [0.1, 0.15) is 46.7 Å². The van der Waals surface area contributed by atoms with Crippen molar-refractivity contribution in [3.8, 4) is 22.9 Å². The number of hydrogen-bond donors (Lipinski definition) is 1. The van der Waals surface area contributed by atoms with Gasteiger partial charge in [-0.25, -0.2) is 4.98 Å². The summed E-state index contributed by atoms with van der Waals surface area (Å²) in [5, 5.41) is 11.4. The van der Waals surface area contributed by atoms with Gasteiger partial charge in [-0.2, -0.15) is 0 Å². The van der Waals surface area contributed by atoms with Gasteiger partial charge >= 0.3 is 0 Å². The third-order valence-electron chi connectivity index (χ3n) is 7.30. The lowest BCUT2D eigenvalue weighted by Gasteiger charge is -2.48. The van der Waals surface area contributed by atoms with Crippen LogP contribution in [0.25, 0.3) is 11.3 Å². The first kappa shape index (κ1) is 23.3. The van der Waals surface area contributed by atoms with Crippen molar-refractivity contribution >= 4 is 28.3 Å². The Kier molecular flexibility index (Phi) is 5.72. The van der Waals surface area contributed by atoms with Gasteiger partial charge in [0.15, 0.2) is 0 Å². The third-order valence-corrected chi connectivity index (χ3v) is 7.91. The second-order valence-electron chi connectivity index (χ2n) is 9.65. The molecule has 0 spiro atoms. The van der Waals surface area contributed by atoms with E-state index < -0.39 is 5.41 Å². The zero-order valence-corrected chi connectivity index (χ0v) is 21.3. The molecule has 2 aliphatic rings. The molecule has 0 unspecified atom stereocenters. The fourth-order valence-corrected chi connectivity index (χ4v) is 5.73. The van der Waals surface area contributed by atoms with Crippen molar-refractivity contribution in [1.29, 1.82) is 0 Å². The monoisotopic (exact) mass is 511 g/mol. The molecule has 4 aromatic rings. The average molecular weight is 512 g/mol. The molecule has 6 rings (SSSR count). The molecular formula is C28H25N5O3S. The first-order valence-corrected chi connectivity index (χ1v) is 13.0. The summed E-state index contributed by atoms with van der Waals surface area (Å²) < 4.78 is 6.29. The van der Waals surface area contributed by atoms with Crippen molar-refractivity contribution in [2.75, 3.05) is 19.4 Å². The Hall–Kier alpha value is -4.11. The Balaban J connectivity index is 1.39. The number of carbonyl (C=O) groups is 2. The quantitative estimate of drug-likeness (QED) is 0.388. The highest BCUT2D eigenvalue weighted by Gasteiger charge is 2.54. The van der Waals surface area contributed by atoms with Crippen molar-refractivity contribution in [3.63, 3.8) is 0 Å².